The third-order valence-electron chi connectivity index (χ3n) is 7.31. The number of alkyl halides is 3. The summed E-state index contributed by atoms with van der Waals surface area (Å²) in [5, 5.41) is 12.4. The second-order valence-electron chi connectivity index (χ2n) is 10.2. The van der Waals surface area contributed by atoms with Gasteiger partial charge in [-0.25, -0.2) is 4.79 Å². The number of rotatable bonds is 8. The number of nitrogens with one attached hydrogen (secondary N) is 1. The number of carboxylic acids is 1. The van der Waals surface area contributed by atoms with Gasteiger partial charge in [-0.05, 0) is 84.0 Å². The highest BCUT2D eigenvalue weighted by atomic mass is 19.4. The molecule has 0 aromatic heterocycles. The molecule has 4 aromatic rings. The summed E-state index contributed by atoms with van der Waals surface area (Å²) >= 11 is 0. The molecule has 0 unspecified atom stereocenters. The summed E-state index contributed by atoms with van der Waals surface area (Å²) in [7, 11) is 0. The minimum absolute atomic E-state index is 0.262. The molecule has 2 N–H and O–H groups in total. The van der Waals surface area contributed by atoms with Crippen LogP contribution in [0.1, 0.15) is 56.8 Å². The van der Waals surface area contributed by atoms with Gasteiger partial charge >= 0.3 is 12.3 Å². The van der Waals surface area contributed by atoms with E-state index < -0.39 is 18.4 Å². The number of anilines is 1. The molecule has 0 saturated carbocycles. The van der Waals surface area contributed by atoms with Gasteiger partial charge < -0.3 is 20.1 Å². The van der Waals surface area contributed by atoms with E-state index in [1.54, 1.807) is 31.2 Å². The average Bonchev–Trinajstić information content (AvgIpc) is 2.97. The van der Waals surface area contributed by atoms with Crippen LogP contribution in [0, 0.1) is 0 Å². The van der Waals surface area contributed by atoms with Crippen LogP contribution in [0.2, 0.25) is 0 Å². The van der Waals surface area contributed by atoms with Crippen LogP contribution < -0.4 is 15.0 Å². The van der Waals surface area contributed by atoms with Crippen LogP contribution in [0.5, 0.6) is 5.75 Å². The van der Waals surface area contributed by atoms with Gasteiger partial charge in [-0.1, -0.05) is 54.6 Å². The van der Waals surface area contributed by atoms with Gasteiger partial charge in [0.15, 0.2) is 0 Å². The zero-order valence-electron chi connectivity index (χ0n) is 22.8. The van der Waals surface area contributed by atoms with Gasteiger partial charge in [-0.15, -0.1) is 13.2 Å². The van der Waals surface area contributed by atoms with Crippen LogP contribution in [0.3, 0.4) is 0 Å². The van der Waals surface area contributed by atoms with Crippen molar-refractivity contribution in [1.82, 2.24) is 5.32 Å². The normalized spacial score (nSPS) is 13.7. The lowest BCUT2D eigenvalue weighted by Gasteiger charge is -2.32. The molecule has 0 saturated heterocycles. The number of ether oxygens (including phenoxy) is 1. The number of carbonyl (C=O) groups is 2. The molecule has 1 amide bonds. The smallest absolute Gasteiger partial charge is 0.478 e. The maximum absolute atomic E-state index is 13.0. The van der Waals surface area contributed by atoms with Gasteiger partial charge in [0, 0.05) is 24.3 Å². The number of carbonyl (C=O) groups excluding carboxylic acids is 1. The summed E-state index contributed by atoms with van der Waals surface area (Å²) < 4.78 is 41.2. The first kappa shape index (κ1) is 28.7. The van der Waals surface area contributed by atoms with Crippen molar-refractivity contribution in [2.45, 2.75) is 38.7 Å². The molecule has 0 radical (unpaired) electrons. The highest BCUT2D eigenvalue weighted by Crippen LogP contribution is 2.31. The molecule has 1 aliphatic heterocycles. The fourth-order valence-electron chi connectivity index (χ4n) is 5.23. The van der Waals surface area contributed by atoms with E-state index in [2.05, 4.69) is 15.0 Å². The number of amides is 1. The first-order valence-corrected chi connectivity index (χ1v) is 13.5. The van der Waals surface area contributed by atoms with E-state index >= 15 is 0 Å². The van der Waals surface area contributed by atoms with Gasteiger partial charge in [0.1, 0.15) is 5.75 Å². The average molecular weight is 575 g/mol. The Balaban J connectivity index is 1.25. The van der Waals surface area contributed by atoms with E-state index in [0.29, 0.717) is 23.2 Å². The summed E-state index contributed by atoms with van der Waals surface area (Å²) in [5.41, 5.74) is 6.16. The van der Waals surface area contributed by atoms with E-state index in [-0.39, 0.29) is 17.2 Å². The maximum atomic E-state index is 13.0. The molecule has 216 valence electrons. The quantitative estimate of drug-likeness (QED) is 0.229. The standard InChI is InChI=1S/C33H29F3N2O4/c1-21(23-12-15-27(16-13-23)42-33(34,35)36)37-31(39)26-14-17-30-25(19-26)5-4-18-38(30)20-22-8-10-24(11-9-22)28-6-2-3-7-29(28)32(40)41/h2-3,6-17,19,21H,4-5,18,20H2,1H3,(H,37,39)(H,40,41)/t21-/m0/s1. The Morgan fingerprint density at radius 3 is 2.38 bits per heavy atom. The van der Waals surface area contributed by atoms with Crippen molar-refractivity contribution in [1.29, 1.82) is 0 Å². The molecule has 1 atom stereocenters. The summed E-state index contributed by atoms with van der Waals surface area (Å²) in [5.74, 6) is -1.55. The van der Waals surface area contributed by atoms with Gasteiger partial charge in [0.2, 0.25) is 0 Å². The highest BCUT2D eigenvalue weighted by Gasteiger charge is 2.31. The third-order valence-corrected chi connectivity index (χ3v) is 7.31. The number of carboxylic acid groups (broad SMARTS) is 1. The molecule has 9 heteroatoms. The van der Waals surface area contributed by atoms with Gasteiger partial charge in [-0.2, -0.15) is 0 Å². The molecule has 0 spiro atoms. The first-order chi connectivity index (χ1) is 20.1. The molecule has 0 fully saturated rings. The SMILES string of the molecule is C[C@H](NC(=O)c1ccc2c(c1)CCCN2Cc1ccc(-c2ccccc2C(=O)O)cc1)c1ccc(OC(F)(F)F)cc1. The van der Waals surface area contributed by atoms with Crippen LogP contribution in [-0.2, 0) is 13.0 Å². The highest BCUT2D eigenvalue weighted by molar-refractivity contribution is 5.96. The Hall–Kier alpha value is -4.79. The van der Waals surface area contributed by atoms with E-state index in [0.717, 1.165) is 41.8 Å². The van der Waals surface area contributed by atoms with Gasteiger partial charge in [0.25, 0.3) is 5.91 Å². The minimum atomic E-state index is -4.76. The Bertz CT molecular complexity index is 1580. The number of nitrogens with zero attached hydrogens (tertiary/aromatic N) is 1. The number of fused-ring (bicyclic) bond motifs is 1. The molecular weight excluding hydrogens is 545 g/mol. The molecule has 5 rings (SSSR count). The lowest BCUT2D eigenvalue weighted by atomic mass is 9.97. The monoisotopic (exact) mass is 574 g/mol. The number of benzene rings is 4. The van der Waals surface area contributed by atoms with Crippen LogP contribution in [-0.4, -0.2) is 29.9 Å². The van der Waals surface area contributed by atoms with Crippen molar-refractivity contribution in [2.24, 2.45) is 0 Å². The molecular formula is C33H29F3N2O4. The Kier molecular flexibility index (Phi) is 8.20. The second kappa shape index (κ2) is 12.0. The lowest BCUT2D eigenvalue weighted by molar-refractivity contribution is -0.274. The van der Waals surface area contributed by atoms with Crippen LogP contribution in [0.4, 0.5) is 18.9 Å². The number of aromatic carboxylic acids is 1. The van der Waals surface area contributed by atoms with Gasteiger partial charge in [0.05, 0.1) is 11.6 Å². The molecule has 6 nitrogen and oxygen atoms in total. The Morgan fingerprint density at radius 2 is 1.69 bits per heavy atom. The van der Waals surface area contributed by atoms with Crippen LogP contribution >= 0.6 is 0 Å². The summed E-state index contributed by atoms with van der Waals surface area (Å²) in [4.78, 5) is 26.9. The maximum Gasteiger partial charge on any atom is 0.573 e. The fraction of sp³-hybridized carbons (Fsp3) is 0.212. The third kappa shape index (κ3) is 6.74. The van der Waals surface area contributed by atoms with E-state index in [9.17, 15) is 27.9 Å². The van der Waals surface area contributed by atoms with Crippen molar-refractivity contribution in [3.05, 3.63) is 119 Å². The van der Waals surface area contributed by atoms with Crippen LogP contribution in [0.15, 0.2) is 91.0 Å². The van der Waals surface area contributed by atoms with Crippen molar-refractivity contribution in [3.63, 3.8) is 0 Å². The predicted molar refractivity (Wildman–Crippen MR) is 154 cm³/mol. The molecule has 4 aromatic carbocycles. The topological polar surface area (TPSA) is 78.9 Å². The zero-order valence-corrected chi connectivity index (χ0v) is 22.8. The molecule has 1 aliphatic rings. The first-order valence-electron chi connectivity index (χ1n) is 13.5. The number of hydrogen-bond acceptors (Lipinski definition) is 4. The zero-order chi connectivity index (χ0) is 29.9. The largest absolute Gasteiger partial charge is 0.573 e. The minimum Gasteiger partial charge on any atom is -0.478 e. The van der Waals surface area contributed by atoms with E-state index in [4.69, 9.17) is 0 Å². The van der Waals surface area contributed by atoms with Crippen molar-refractivity contribution >= 4 is 17.6 Å². The van der Waals surface area contributed by atoms with Gasteiger partial charge in [-0.3, -0.25) is 4.79 Å². The van der Waals surface area contributed by atoms with Crippen LogP contribution in [0.25, 0.3) is 11.1 Å². The Morgan fingerprint density at radius 1 is 0.976 bits per heavy atom. The van der Waals surface area contributed by atoms with E-state index in [1.807, 2.05) is 42.5 Å². The number of hydrogen-bond donors (Lipinski definition) is 2. The molecule has 1 heterocycles. The van der Waals surface area contributed by atoms with Crippen molar-refractivity contribution < 1.29 is 32.6 Å². The summed E-state index contributed by atoms with van der Waals surface area (Å²) in [6, 6.07) is 25.5. The van der Waals surface area contributed by atoms with Crippen molar-refractivity contribution in [3.8, 4) is 16.9 Å². The molecule has 42 heavy (non-hydrogen) atoms. The lowest BCUT2D eigenvalue weighted by Crippen LogP contribution is -2.30. The van der Waals surface area contributed by atoms with E-state index in [1.165, 1.54) is 24.3 Å². The predicted octanol–water partition coefficient (Wildman–Crippen LogP) is 7.39. The Labute approximate surface area is 241 Å². The number of halogens is 3. The molecule has 0 bridgehead atoms. The molecule has 0 aliphatic carbocycles. The second-order valence-corrected chi connectivity index (χ2v) is 10.2. The fourth-order valence-corrected chi connectivity index (χ4v) is 5.23. The summed E-state index contributed by atoms with van der Waals surface area (Å²) in [6.07, 6.45) is -2.98. The van der Waals surface area contributed by atoms with Crippen molar-refractivity contribution in [2.75, 3.05) is 11.4 Å². The summed E-state index contributed by atoms with van der Waals surface area (Å²) in [6.45, 7) is 3.31. The number of aryl methyl sites for hydroxylation is 1.